The molecular weight excluding hydrogens is 264 g/mol. The van der Waals surface area contributed by atoms with E-state index in [0.717, 1.165) is 11.8 Å². The summed E-state index contributed by atoms with van der Waals surface area (Å²) < 4.78 is 0. The predicted octanol–water partition coefficient (Wildman–Crippen LogP) is 2.56. The molecule has 0 radical (unpaired) electrons. The second-order valence-corrected chi connectivity index (χ2v) is 7.92. The first-order valence-corrected chi connectivity index (χ1v) is 8.48. The van der Waals surface area contributed by atoms with Gasteiger partial charge in [-0.2, -0.15) is 0 Å². The zero-order valence-electron chi connectivity index (χ0n) is 12.7. The van der Waals surface area contributed by atoms with Gasteiger partial charge in [0.15, 0.2) is 5.96 Å². The lowest BCUT2D eigenvalue weighted by Crippen LogP contribution is -2.64. The second-order valence-electron chi connectivity index (χ2n) is 7.92. The molecule has 2 amide bonds. The molecule has 5 nitrogen and oxygen atoms in total. The fourth-order valence-corrected chi connectivity index (χ4v) is 6.10. The van der Waals surface area contributed by atoms with Crippen LogP contribution in [0.2, 0.25) is 0 Å². The molecule has 0 aromatic carbocycles. The van der Waals surface area contributed by atoms with Crippen LogP contribution in [0.4, 0.5) is 4.79 Å². The van der Waals surface area contributed by atoms with Crippen LogP contribution in [0, 0.1) is 17.2 Å². The molecule has 4 fully saturated rings. The first-order chi connectivity index (χ1) is 10.0. The number of nitrogens with two attached hydrogens (primary N) is 1. The van der Waals surface area contributed by atoms with Crippen molar-refractivity contribution in [2.24, 2.45) is 17.6 Å². The van der Waals surface area contributed by atoms with Crippen LogP contribution in [-0.2, 0) is 0 Å². The first kappa shape index (κ1) is 13.4. The topological polar surface area (TPSA) is 82.2 Å². The third-order valence-corrected chi connectivity index (χ3v) is 6.82. The van der Waals surface area contributed by atoms with E-state index >= 15 is 0 Å². The van der Waals surface area contributed by atoms with Crippen LogP contribution in [0.1, 0.15) is 64.2 Å². The highest BCUT2D eigenvalue weighted by Gasteiger charge is 2.59. The second kappa shape index (κ2) is 4.37. The summed E-state index contributed by atoms with van der Waals surface area (Å²) in [5.74, 6) is 1.94. The highest BCUT2D eigenvalue weighted by Crippen LogP contribution is 2.59. The predicted molar refractivity (Wildman–Crippen MR) is 80.9 cm³/mol. The van der Waals surface area contributed by atoms with Crippen LogP contribution in [0.15, 0.2) is 0 Å². The summed E-state index contributed by atoms with van der Waals surface area (Å²) in [6.07, 6.45) is 12.3. The molecule has 0 unspecified atom stereocenters. The highest BCUT2D eigenvalue weighted by molar-refractivity contribution is 5.94. The molecule has 4 rings (SSSR count). The molecule has 0 atom stereocenters. The molecular formula is C16H26N4O. The Balaban J connectivity index is 1.69. The lowest BCUT2D eigenvalue weighted by molar-refractivity contribution is 0.0522. The van der Waals surface area contributed by atoms with Gasteiger partial charge in [-0.15, -0.1) is 0 Å². The van der Waals surface area contributed by atoms with E-state index in [-0.39, 0.29) is 17.0 Å². The van der Waals surface area contributed by atoms with Gasteiger partial charge in [-0.3, -0.25) is 10.7 Å². The number of nitrogens with one attached hydrogen (secondary N) is 2. The molecule has 0 aliphatic heterocycles. The van der Waals surface area contributed by atoms with Gasteiger partial charge in [-0.05, 0) is 76.0 Å². The van der Waals surface area contributed by atoms with Gasteiger partial charge in [0, 0.05) is 11.1 Å². The normalized spacial score (nSPS) is 43.2. The lowest BCUT2D eigenvalue weighted by atomic mass is 9.83. The Labute approximate surface area is 126 Å². The zero-order chi connectivity index (χ0) is 14.7. The number of rotatable bonds is 2. The van der Waals surface area contributed by atoms with E-state index in [4.69, 9.17) is 11.1 Å². The van der Waals surface area contributed by atoms with Crippen LogP contribution in [0.3, 0.4) is 0 Å². The number of hydrogen-bond acceptors (Lipinski definition) is 2. The molecule has 0 heterocycles. The molecule has 21 heavy (non-hydrogen) atoms. The number of carbonyl (C=O) groups excluding carboxylic acids is 1. The Morgan fingerprint density at radius 2 is 1.43 bits per heavy atom. The van der Waals surface area contributed by atoms with E-state index in [1.807, 2.05) is 0 Å². The van der Waals surface area contributed by atoms with Gasteiger partial charge < -0.3 is 10.6 Å². The summed E-state index contributed by atoms with van der Waals surface area (Å²) in [4.78, 5) is 13.6. The minimum Gasteiger partial charge on any atom is -0.351 e. The monoisotopic (exact) mass is 290 g/mol. The minimum atomic E-state index is -0.599. The molecule has 116 valence electrons. The van der Waals surface area contributed by atoms with Crippen molar-refractivity contribution in [3.63, 3.8) is 0 Å². The number of guanidine groups is 1. The number of nitrogens with zero attached hydrogens (tertiary/aromatic N) is 1. The average Bonchev–Trinajstić information content (AvgIpc) is 3.17. The molecule has 4 aliphatic rings. The minimum absolute atomic E-state index is 0.128. The van der Waals surface area contributed by atoms with Gasteiger partial charge >= 0.3 is 6.03 Å². The number of hydrogen-bond donors (Lipinski definition) is 3. The Hall–Kier alpha value is -1.26. The highest BCUT2D eigenvalue weighted by atomic mass is 16.2. The summed E-state index contributed by atoms with van der Waals surface area (Å²) in [5, 5.41) is 11.1. The average molecular weight is 290 g/mol. The SMILES string of the molecule is N=C(NC(N)=O)N(C12CCC(CC1)C2)C12CCC(CC1)C2. The molecule has 4 N–H and O–H groups in total. The molecule has 0 saturated heterocycles. The standard InChI is InChI=1S/C16H26N4O/c17-13(19-14(18)21)20(15-5-1-11(9-15)2-6-15)16-7-3-12(10-16)4-8-16/h11-12H,1-10H2,(H4,17,18,19,21). The van der Waals surface area contributed by atoms with E-state index in [1.54, 1.807) is 0 Å². The number of primary amides is 1. The summed E-state index contributed by atoms with van der Waals surface area (Å²) in [7, 11) is 0. The maximum absolute atomic E-state index is 11.3. The summed E-state index contributed by atoms with van der Waals surface area (Å²) in [6.45, 7) is 0. The molecule has 0 spiro atoms. The largest absolute Gasteiger partial charge is 0.351 e. The lowest BCUT2D eigenvalue weighted by Gasteiger charge is -2.52. The Morgan fingerprint density at radius 3 is 1.71 bits per heavy atom. The van der Waals surface area contributed by atoms with Crippen LogP contribution < -0.4 is 11.1 Å². The van der Waals surface area contributed by atoms with Crippen LogP contribution >= 0.6 is 0 Å². The van der Waals surface area contributed by atoms with Crippen molar-refractivity contribution < 1.29 is 4.79 Å². The van der Waals surface area contributed by atoms with E-state index in [1.165, 1.54) is 64.2 Å². The maximum atomic E-state index is 11.3. The molecule has 0 aromatic rings. The molecule has 5 heteroatoms. The van der Waals surface area contributed by atoms with Gasteiger partial charge in [0.2, 0.25) is 0 Å². The van der Waals surface area contributed by atoms with Gasteiger partial charge in [-0.1, -0.05) is 0 Å². The Morgan fingerprint density at radius 1 is 1.00 bits per heavy atom. The Kier molecular flexibility index (Phi) is 2.79. The van der Waals surface area contributed by atoms with Crippen LogP contribution in [-0.4, -0.2) is 28.0 Å². The van der Waals surface area contributed by atoms with E-state index in [0.29, 0.717) is 0 Å². The number of carbonyl (C=O) groups is 1. The Bertz CT molecular complexity index is 443. The third-order valence-electron chi connectivity index (χ3n) is 6.82. The smallest absolute Gasteiger partial charge is 0.318 e. The van der Waals surface area contributed by atoms with Crippen molar-refractivity contribution in [2.75, 3.05) is 0 Å². The van der Waals surface area contributed by atoms with Crippen LogP contribution in [0.5, 0.6) is 0 Å². The molecule has 4 aliphatic carbocycles. The fourth-order valence-electron chi connectivity index (χ4n) is 6.10. The summed E-state index contributed by atoms with van der Waals surface area (Å²) in [5.41, 5.74) is 5.56. The number of amides is 2. The number of urea groups is 1. The van der Waals surface area contributed by atoms with Crippen LogP contribution in [0.25, 0.3) is 0 Å². The van der Waals surface area contributed by atoms with E-state index in [2.05, 4.69) is 10.2 Å². The van der Waals surface area contributed by atoms with E-state index < -0.39 is 6.03 Å². The molecule has 4 saturated carbocycles. The van der Waals surface area contributed by atoms with Crippen molar-refractivity contribution in [2.45, 2.75) is 75.3 Å². The van der Waals surface area contributed by atoms with E-state index in [9.17, 15) is 4.79 Å². The maximum Gasteiger partial charge on any atom is 0.318 e. The number of fused-ring (bicyclic) bond motifs is 4. The quantitative estimate of drug-likeness (QED) is 0.539. The van der Waals surface area contributed by atoms with Gasteiger partial charge in [0.1, 0.15) is 0 Å². The van der Waals surface area contributed by atoms with Gasteiger partial charge in [0.25, 0.3) is 0 Å². The summed E-state index contributed by atoms with van der Waals surface area (Å²) in [6, 6.07) is -0.599. The van der Waals surface area contributed by atoms with Gasteiger partial charge in [-0.25, -0.2) is 4.79 Å². The fraction of sp³-hybridized carbons (Fsp3) is 0.875. The summed E-state index contributed by atoms with van der Waals surface area (Å²) >= 11 is 0. The van der Waals surface area contributed by atoms with Crippen molar-refractivity contribution in [3.05, 3.63) is 0 Å². The van der Waals surface area contributed by atoms with Crippen molar-refractivity contribution >= 4 is 12.0 Å². The zero-order valence-corrected chi connectivity index (χ0v) is 12.7. The first-order valence-electron chi connectivity index (χ1n) is 8.48. The van der Waals surface area contributed by atoms with Gasteiger partial charge in [0.05, 0.1) is 0 Å². The van der Waals surface area contributed by atoms with Crippen molar-refractivity contribution in [1.82, 2.24) is 10.2 Å². The molecule has 4 bridgehead atoms. The van der Waals surface area contributed by atoms with Crippen molar-refractivity contribution in [1.29, 1.82) is 5.41 Å². The molecule has 0 aromatic heterocycles. The van der Waals surface area contributed by atoms with Crippen molar-refractivity contribution in [3.8, 4) is 0 Å². The third kappa shape index (κ3) is 1.89.